The van der Waals surface area contributed by atoms with Crippen LogP contribution in [0.15, 0.2) is 40.9 Å². The van der Waals surface area contributed by atoms with Gasteiger partial charge in [0.25, 0.3) is 0 Å². The van der Waals surface area contributed by atoms with Crippen molar-refractivity contribution in [2.75, 3.05) is 24.7 Å². The highest BCUT2D eigenvalue weighted by Gasteiger charge is 2.37. The maximum Gasteiger partial charge on any atom is 0.316 e. The number of carbonyl (C=O) groups excluding carboxylic acids is 2. The van der Waals surface area contributed by atoms with Gasteiger partial charge in [-0.2, -0.15) is 0 Å². The number of anilines is 1. The maximum absolute atomic E-state index is 12.5. The molecule has 2 aromatic rings. The van der Waals surface area contributed by atoms with E-state index >= 15 is 0 Å². The average Bonchev–Trinajstić information content (AvgIpc) is 3.05. The minimum atomic E-state index is -0.564. The number of carbonyl (C=O) groups is 2. The molecule has 0 aliphatic carbocycles. The number of hydrogen-bond acceptors (Lipinski definition) is 5. The molecule has 2 aromatic carbocycles. The molecule has 1 atom stereocenters. The van der Waals surface area contributed by atoms with Crippen molar-refractivity contribution in [2.24, 2.45) is 5.92 Å². The normalized spacial score (nSPS) is 18.5. The third-order valence-electron chi connectivity index (χ3n) is 4.40. The second-order valence-corrected chi connectivity index (χ2v) is 7.55. The third kappa shape index (κ3) is 3.75. The van der Waals surface area contributed by atoms with Gasteiger partial charge in [0.05, 0.1) is 10.9 Å². The van der Waals surface area contributed by atoms with Crippen LogP contribution in [0.2, 0.25) is 5.02 Å². The van der Waals surface area contributed by atoms with Crippen LogP contribution in [-0.4, -0.2) is 31.6 Å². The fraction of sp³-hybridized carbons (Fsp3) is 0.263. The molecule has 2 heterocycles. The van der Waals surface area contributed by atoms with Gasteiger partial charge in [-0.05, 0) is 30.3 Å². The van der Waals surface area contributed by atoms with Crippen LogP contribution in [0.25, 0.3) is 0 Å². The van der Waals surface area contributed by atoms with Gasteiger partial charge in [0.2, 0.25) is 5.91 Å². The zero-order chi connectivity index (χ0) is 19.0. The Bertz CT molecular complexity index is 919. The zero-order valence-electron chi connectivity index (χ0n) is 14.1. The first kappa shape index (κ1) is 18.1. The summed E-state index contributed by atoms with van der Waals surface area (Å²) in [5, 5.41) is 0.325. The molecule has 1 amide bonds. The molecule has 8 heteroatoms. The summed E-state index contributed by atoms with van der Waals surface area (Å²) in [4.78, 5) is 26.5. The minimum absolute atomic E-state index is 0.0847. The van der Waals surface area contributed by atoms with Crippen LogP contribution in [-0.2, 0) is 9.59 Å². The van der Waals surface area contributed by atoms with Crippen LogP contribution in [0, 0.1) is 5.92 Å². The van der Waals surface area contributed by atoms with E-state index in [4.69, 9.17) is 25.8 Å². The Morgan fingerprint density at radius 1 is 1.15 bits per heavy atom. The molecule has 2 aliphatic rings. The molecule has 0 radical (unpaired) electrons. The van der Waals surface area contributed by atoms with Crippen LogP contribution in [0.3, 0.4) is 0 Å². The maximum atomic E-state index is 12.5. The zero-order valence-corrected chi connectivity index (χ0v) is 16.5. The average molecular weight is 453 g/mol. The van der Waals surface area contributed by atoms with E-state index in [2.05, 4.69) is 15.9 Å². The monoisotopic (exact) mass is 451 g/mol. The molecule has 0 spiro atoms. The van der Waals surface area contributed by atoms with E-state index in [0.29, 0.717) is 35.4 Å². The van der Waals surface area contributed by atoms with Crippen LogP contribution < -0.4 is 19.1 Å². The van der Waals surface area contributed by atoms with Crippen molar-refractivity contribution in [1.82, 2.24) is 0 Å². The lowest BCUT2D eigenvalue weighted by Gasteiger charge is -2.22. The Balaban J connectivity index is 1.48. The first-order valence-corrected chi connectivity index (χ1v) is 9.55. The van der Waals surface area contributed by atoms with Gasteiger partial charge in [0, 0.05) is 29.2 Å². The number of rotatable bonds is 3. The second-order valence-electron chi connectivity index (χ2n) is 6.23. The van der Waals surface area contributed by atoms with E-state index in [0.717, 1.165) is 4.47 Å². The molecule has 1 fully saturated rings. The van der Waals surface area contributed by atoms with E-state index in [1.807, 2.05) is 0 Å². The molecule has 0 bridgehead atoms. The van der Waals surface area contributed by atoms with Crippen LogP contribution in [0.5, 0.6) is 17.2 Å². The van der Waals surface area contributed by atoms with Crippen LogP contribution >= 0.6 is 27.5 Å². The lowest BCUT2D eigenvalue weighted by molar-refractivity contribution is -0.139. The summed E-state index contributed by atoms with van der Waals surface area (Å²) in [5.74, 6) is 0.334. The first-order valence-electron chi connectivity index (χ1n) is 8.38. The summed E-state index contributed by atoms with van der Waals surface area (Å²) in [6, 6.07) is 10.3. The number of ether oxygens (including phenoxy) is 3. The number of esters is 1. The molecule has 140 valence electrons. The molecule has 0 N–H and O–H groups in total. The highest BCUT2D eigenvalue weighted by Crippen LogP contribution is 2.36. The van der Waals surface area contributed by atoms with Crippen molar-refractivity contribution in [3.8, 4) is 17.2 Å². The van der Waals surface area contributed by atoms with Crippen molar-refractivity contribution in [3.05, 3.63) is 45.9 Å². The summed E-state index contributed by atoms with van der Waals surface area (Å²) < 4.78 is 17.2. The van der Waals surface area contributed by atoms with E-state index in [1.54, 1.807) is 41.3 Å². The second kappa shape index (κ2) is 7.40. The Morgan fingerprint density at radius 3 is 2.70 bits per heavy atom. The standard InChI is InChI=1S/C19H15BrClNO5/c20-12-1-3-15(14(21)8-12)27-19(24)11-7-18(23)22(10-11)13-2-4-16-17(9-13)26-6-5-25-16/h1-4,8-9,11H,5-7,10H2. The molecule has 1 saturated heterocycles. The molecule has 0 saturated carbocycles. The van der Waals surface area contributed by atoms with Crippen molar-refractivity contribution in [3.63, 3.8) is 0 Å². The largest absolute Gasteiger partial charge is 0.486 e. The Morgan fingerprint density at radius 2 is 1.93 bits per heavy atom. The summed E-state index contributed by atoms with van der Waals surface area (Å²) in [6.45, 7) is 1.21. The van der Waals surface area contributed by atoms with Gasteiger partial charge in [-0.25, -0.2) is 0 Å². The number of hydrogen-bond donors (Lipinski definition) is 0. The Labute approximate surface area is 169 Å². The van der Waals surface area contributed by atoms with Gasteiger partial charge < -0.3 is 19.1 Å². The number of halogens is 2. The van der Waals surface area contributed by atoms with Crippen molar-refractivity contribution < 1.29 is 23.8 Å². The Kier molecular flexibility index (Phi) is 4.97. The summed E-state index contributed by atoms with van der Waals surface area (Å²) in [6.07, 6.45) is 0.0847. The molecule has 1 unspecified atom stereocenters. The van der Waals surface area contributed by atoms with E-state index in [1.165, 1.54) is 0 Å². The highest BCUT2D eigenvalue weighted by atomic mass is 79.9. The third-order valence-corrected chi connectivity index (χ3v) is 5.19. The first-order chi connectivity index (χ1) is 13.0. The SMILES string of the molecule is O=C(Oc1ccc(Br)cc1Cl)C1CC(=O)N(c2ccc3c(c2)OCCO3)C1. The molecular formula is C19H15BrClNO5. The Hall–Kier alpha value is -2.25. The molecule has 6 nitrogen and oxygen atoms in total. The smallest absolute Gasteiger partial charge is 0.316 e. The van der Waals surface area contributed by atoms with Crippen LogP contribution in [0.1, 0.15) is 6.42 Å². The minimum Gasteiger partial charge on any atom is -0.486 e. The van der Waals surface area contributed by atoms with Crippen LogP contribution in [0.4, 0.5) is 5.69 Å². The molecule has 2 aliphatic heterocycles. The quantitative estimate of drug-likeness (QED) is 0.523. The molecule has 4 rings (SSSR count). The number of benzene rings is 2. The molecule has 27 heavy (non-hydrogen) atoms. The number of fused-ring (bicyclic) bond motifs is 1. The van der Waals surface area contributed by atoms with Gasteiger partial charge in [0.15, 0.2) is 11.5 Å². The van der Waals surface area contributed by atoms with Crippen molar-refractivity contribution in [2.45, 2.75) is 6.42 Å². The van der Waals surface area contributed by atoms with Gasteiger partial charge in [-0.15, -0.1) is 0 Å². The van der Waals surface area contributed by atoms with E-state index < -0.39 is 11.9 Å². The van der Waals surface area contributed by atoms with E-state index in [9.17, 15) is 9.59 Å². The molecular weight excluding hydrogens is 438 g/mol. The summed E-state index contributed by atoms with van der Waals surface area (Å²) in [7, 11) is 0. The number of nitrogens with zero attached hydrogens (tertiary/aromatic N) is 1. The highest BCUT2D eigenvalue weighted by molar-refractivity contribution is 9.10. The summed E-state index contributed by atoms with van der Waals surface area (Å²) in [5.41, 5.74) is 0.668. The lowest BCUT2D eigenvalue weighted by atomic mass is 10.1. The summed E-state index contributed by atoms with van der Waals surface area (Å²) >= 11 is 9.39. The predicted molar refractivity (Wildman–Crippen MR) is 103 cm³/mol. The van der Waals surface area contributed by atoms with Gasteiger partial charge in [-0.3, -0.25) is 9.59 Å². The molecule has 0 aromatic heterocycles. The predicted octanol–water partition coefficient (Wildman–Crippen LogP) is 3.83. The van der Waals surface area contributed by atoms with Gasteiger partial charge in [0.1, 0.15) is 19.0 Å². The fourth-order valence-electron chi connectivity index (χ4n) is 3.06. The van der Waals surface area contributed by atoms with Gasteiger partial charge in [-0.1, -0.05) is 27.5 Å². The topological polar surface area (TPSA) is 65.1 Å². The van der Waals surface area contributed by atoms with Gasteiger partial charge >= 0.3 is 5.97 Å². The number of amides is 1. The van der Waals surface area contributed by atoms with E-state index in [-0.39, 0.29) is 24.6 Å². The van der Waals surface area contributed by atoms with Crippen molar-refractivity contribution in [1.29, 1.82) is 0 Å². The van der Waals surface area contributed by atoms with Crippen molar-refractivity contribution >= 4 is 45.1 Å². The fourth-order valence-corrected chi connectivity index (χ4v) is 3.78. The lowest BCUT2D eigenvalue weighted by Crippen LogP contribution is -2.27.